The van der Waals surface area contributed by atoms with Gasteiger partial charge in [-0.05, 0) is 91.6 Å². The Hall–Kier alpha value is -2.41. The van der Waals surface area contributed by atoms with Crippen molar-refractivity contribution in [3.05, 3.63) is 35.6 Å². The number of epoxide rings is 1. The lowest BCUT2D eigenvalue weighted by Crippen LogP contribution is -2.39. The van der Waals surface area contributed by atoms with E-state index in [1.807, 2.05) is 12.2 Å². The van der Waals surface area contributed by atoms with Gasteiger partial charge in [0, 0.05) is 6.54 Å². The normalized spacial score (nSPS) is 46.1. The van der Waals surface area contributed by atoms with Gasteiger partial charge in [-0.3, -0.25) is 14.4 Å². The van der Waals surface area contributed by atoms with Crippen molar-refractivity contribution in [1.82, 2.24) is 10.6 Å². The summed E-state index contributed by atoms with van der Waals surface area (Å²) in [5, 5.41) is 16.4. The number of hydrogen-bond acceptors (Lipinski definition) is 5. The van der Waals surface area contributed by atoms with Crippen LogP contribution in [0.1, 0.15) is 52.4 Å². The first-order chi connectivity index (χ1) is 17.4. The summed E-state index contributed by atoms with van der Waals surface area (Å²) in [6, 6.07) is -0.651. The summed E-state index contributed by atoms with van der Waals surface area (Å²) in [7, 11) is 0. The number of aliphatic hydroxyl groups is 1. The molecule has 7 heteroatoms. The first-order valence-corrected chi connectivity index (χ1v) is 13.9. The van der Waals surface area contributed by atoms with Crippen molar-refractivity contribution in [3.63, 3.8) is 0 Å². The van der Waals surface area contributed by atoms with Gasteiger partial charge in [-0.2, -0.15) is 0 Å². The number of aliphatic hydroxyl groups excluding tert-OH is 1. The predicted octanol–water partition coefficient (Wildman–Crippen LogP) is 3.23. The van der Waals surface area contributed by atoms with Gasteiger partial charge in [0.2, 0.25) is 5.91 Å². The maximum absolute atomic E-state index is 12.8. The van der Waals surface area contributed by atoms with E-state index < -0.39 is 11.9 Å². The Bertz CT molecular complexity index is 1050. The van der Waals surface area contributed by atoms with Crippen molar-refractivity contribution < 1.29 is 24.2 Å². The van der Waals surface area contributed by atoms with E-state index in [1.165, 1.54) is 12.8 Å². The van der Waals surface area contributed by atoms with Crippen molar-refractivity contribution in [2.24, 2.45) is 47.3 Å². The summed E-state index contributed by atoms with van der Waals surface area (Å²) in [4.78, 5) is 37.7. The molecule has 3 heterocycles. The van der Waals surface area contributed by atoms with E-state index >= 15 is 0 Å². The minimum Gasteiger partial charge on any atom is -0.507 e. The number of carbonyl (C=O) groups excluding carboxylic acids is 3. The Morgan fingerprint density at radius 2 is 1.89 bits per heavy atom. The number of ether oxygens (including phenoxy) is 1. The SMILES string of the molecule is CCC1CC2C3OC3C3C4CC=CC(=O)NCCCC5NC(=O)C(=C(O)C=CC4CC3C2C1C)C5=O. The Labute approximate surface area is 212 Å². The first-order valence-electron chi connectivity index (χ1n) is 13.9. The molecule has 194 valence electrons. The molecular weight excluding hydrogens is 456 g/mol. The lowest BCUT2D eigenvalue weighted by Gasteiger charge is -2.37. The zero-order valence-corrected chi connectivity index (χ0v) is 21.2. The molecule has 6 aliphatic rings. The smallest absolute Gasteiger partial charge is 0.259 e. The van der Waals surface area contributed by atoms with E-state index in [-0.39, 0.29) is 28.9 Å². The van der Waals surface area contributed by atoms with Gasteiger partial charge in [-0.1, -0.05) is 32.4 Å². The van der Waals surface area contributed by atoms with Gasteiger partial charge in [0.05, 0.1) is 18.2 Å². The second-order valence-corrected chi connectivity index (χ2v) is 12.0. The molecular formula is C29H38N2O5. The maximum atomic E-state index is 12.8. The van der Waals surface area contributed by atoms with Crippen LogP contribution < -0.4 is 10.6 Å². The fourth-order valence-corrected chi connectivity index (χ4v) is 8.75. The van der Waals surface area contributed by atoms with Crippen LogP contribution in [0.3, 0.4) is 0 Å². The van der Waals surface area contributed by atoms with Gasteiger partial charge < -0.3 is 20.5 Å². The van der Waals surface area contributed by atoms with E-state index in [0.717, 1.165) is 18.8 Å². The second kappa shape index (κ2) is 9.16. The van der Waals surface area contributed by atoms with Gasteiger partial charge in [-0.15, -0.1) is 0 Å². The standard InChI is InChI=1S/C29H38N2O5/c1-3-15-12-19-23(14(15)2)18-13-16-9-10-21(32)25-26(34)20(31-29(25)35)7-5-11-30-22(33)8-4-6-17(16)24(18)28-27(19)36-28/h4,8-10,14-20,23-24,27-28,32H,3,5-7,11-13H2,1-2H3,(H,30,33)(H,31,35). The van der Waals surface area contributed by atoms with Gasteiger partial charge in [0.1, 0.15) is 11.3 Å². The molecule has 3 saturated carbocycles. The fraction of sp³-hybridized carbons (Fsp3) is 0.690. The van der Waals surface area contributed by atoms with Gasteiger partial charge in [-0.25, -0.2) is 0 Å². The van der Waals surface area contributed by atoms with Crippen LogP contribution in [0.25, 0.3) is 0 Å². The molecule has 11 unspecified atom stereocenters. The third-order valence-corrected chi connectivity index (χ3v) is 10.4. The Morgan fingerprint density at radius 3 is 2.69 bits per heavy atom. The molecule has 3 aliphatic carbocycles. The molecule has 6 rings (SSSR count). The topological polar surface area (TPSA) is 108 Å². The summed E-state index contributed by atoms with van der Waals surface area (Å²) in [6.45, 7) is 5.17. The highest BCUT2D eigenvalue weighted by atomic mass is 16.6. The van der Waals surface area contributed by atoms with E-state index in [4.69, 9.17) is 4.74 Å². The molecule has 2 saturated heterocycles. The van der Waals surface area contributed by atoms with Crippen molar-refractivity contribution in [2.45, 2.75) is 70.6 Å². The van der Waals surface area contributed by atoms with E-state index in [2.05, 4.69) is 24.5 Å². The molecule has 0 aromatic carbocycles. The number of carbonyl (C=O) groups is 3. The summed E-state index contributed by atoms with van der Waals surface area (Å²) >= 11 is 0. The number of ketones is 1. The molecule has 0 aromatic heterocycles. The summed E-state index contributed by atoms with van der Waals surface area (Å²) < 4.78 is 6.36. The molecule has 0 aromatic rings. The molecule has 0 spiro atoms. The summed E-state index contributed by atoms with van der Waals surface area (Å²) in [5.74, 6) is 2.99. The number of hydrogen-bond donors (Lipinski definition) is 3. The van der Waals surface area contributed by atoms with Crippen LogP contribution in [0.15, 0.2) is 35.6 Å². The minimum atomic E-state index is -0.651. The highest BCUT2D eigenvalue weighted by molar-refractivity contribution is 6.27. The minimum absolute atomic E-state index is 0.122. The van der Waals surface area contributed by atoms with Crippen LogP contribution in [-0.4, -0.2) is 47.5 Å². The van der Waals surface area contributed by atoms with Crippen molar-refractivity contribution in [3.8, 4) is 0 Å². The molecule has 11 atom stereocenters. The number of amides is 2. The zero-order chi connectivity index (χ0) is 25.1. The second-order valence-electron chi connectivity index (χ2n) is 12.0. The van der Waals surface area contributed by atoms with Crippen LogP contribution in [0.2, 0.25) is 0 Å². The highest BCUT2D eigenvalue weighted by Gasteiger charge is 2.67. The molecule has 5 fully saturated rings. The summed E-state index contributed by atoms with van der Waals surface area (Å²) in [5.41, 5.74) is -0.139. The van der Waals surface area contributed by atoms with Crippen molar-refractivity contribution in [1.29, 1.82) is 0 Å². The van der Waals surface area contributed by atoms with Crippen LogP contribution in [0.5, 0.6) is 0 Å². The first kappa shape index (κ1) is 24.0. The average Bonchev–Trinajstić information content (AvgIpc) is 3.35. The van der Waals surface area contributed by atoms with Gasteiger partial charge >= 0.3 is 0 Å². The molecule has 3 N–H and O–H groups in total. The quantitative estimate of drug-likeness (QED) is 0.383. The van der Waals surface area contributed by atoms with E-state index in [1.54, 1.807) is 12.2 Å². The monoisotopic (exact) mass is 494 g/mol. The lowest BCUT2D eigenvalue weighted by atomic mass is 9.65. The number of rotatable bonds is 1. The molecule has 2 amide bonds. The van der Waals surface area contributed by atoms with Crippen LogP contribution >= 0.6 is 0 Å². The molecule has 3 aliphatic heterocycles. The molecule has 2 bridgehead atoms. The number of allylic oxidation sites excluding steroid dienone is 3. The number of nitrogens with one attached hydrogen (secondary N) is 2. The van der Waals surface area contributed by atoms with Gasteiger partial charge in [0.15, 0.2) is 5.78 Å². The van der Waals surface area contributed by atoms with Crippen LogP contribution in [-0.2, 0) is 19.1 Å². The van der Waals surface area contributed by atoms with Crippen LogP contribution in [0, 0.1) is 47.3 Å². The third-order valence-electron chi connectivity index (χ3n) is 10.4. The van der Waals surface area contributed by atoms with Crippen LogP contribution in [0.4, 0.5) is 0 Å². The van der Waals surface area contributed by atoms with E-state index in [0.29, 0.717) is 67.1 Å². The average molecular weight is 495 g/mol. The Morgan fingerprint density at radius 1 is 1.06 bits per heavy atom. The molecule has 0 radical (unpaired) electrons. The largest absolute Gasteiger partial charge is 0.507 e. The third kappa shape index (κ3) is 3.85. The number of Topliss-reactive ketones (excluding diaryl/α,β-unsaturated/α-hetero) is 1. The Kier molecular flexibility index (Phi) is 6.09. The highest BCUT2D eigenvalue weighted by Crippen LogP contribution is 2.66. The fourth-order valence-electron chi connectivity index (χ4n) is 8.75. The maximum Gasteiger partial charge on any atom is 0.259 e. The predicted molar refractivity (Wildman–Crippen MR) is 134 cm³/mol. The summed E-state index contributed by atoms with van der Waals surface area (Å²) in [6.07, 6.45) is 13.2. The van der Waals surface area contributed by atoms with Crippen molar-refractivity contribution in [2.75, 3.05) is 6.54 Å². The molecule has 7 nitrogen and oxygen atoms in total. The van der Waals surface area contributed by atoms with E-state index in [9.17, 15) is 19.5 Å². The van der Waals surface area contributed by atoms with Gasteiger partial charge in [0.25, 0.3) is 5.91 Å². The number of fused-ring (bicyclic) bond motifs is 10. The zero-order valence-electron chi connectivity index (χ0n) is 21.2. The Balaban J connectivity index is 1.33. The van der Waals surface area contributed by atoms with Crippen molar-refractivity contribution >= 4 is 17.6 Å². The molecule has 36 heavy (non-hydrogen) atoms. The lowest BCUT2D eigenvalue weighted by molar-refractivity contribution is -0.118.